The number of likely N-dealkylation sites (tertiary alicyclic amines) is 1. The largest absolute Gasteiger partial charge is 0.493 e. The van der Waals surface area contributed by atoms with Gasteiger partial charge < -0.3 is 20.1 Å². The minimum Gasteiger partial charge on any atom is -0.493 e. The molecule has 0 saturated carbocycles. The van der Waals surface area contributed by atoms with Crippen molar-refractivity contribution >= 4 is 17.7 Å². The van der Waals surface area contributed by atoms with Crippen LogP contribution in [0.3, 0.4) is 0 Å². The number of nitrogens with one attached hydrogen (secondary N) is 1. The molecule has 1 fully saturated rings. The molecule has 116 valence electrons. The second-order valence-corrected chi connectivity index (χ2v) is 5.42. The molecule has 1 atom stereocenters. The van der Waals surface area contributed by atoms with Crippen LogP contribution in [0.1, 0.15) is 12.8 Å². The standard InChI is InChI=1S/C14H18ClFN2O3/c15-12-3-2-11(8-13(12)16)21-7-1-5-18-6-4-10(9-18)17-14(19)20/h2-3,8,10,17H,1,4-7,9H2,(H,19,20). The van der Waals surface area contributed by atoms with E-state index in [9.17, 15) is 9.18 Å². The van der Waals surface area contributed by atoms with Gasteiger partial charge in [0.1, 0.15) is 11.6 Å². The number of halogens is 2. The predicted octanol–water partition coefficient (Wildman–Crippen LogP) is 2.59. The zero-order valence-corrected chi connectivity index (χ0v) is 12.3. The van der Waals surface area contributed by atoms with Crippen LogP contribution in [0.15, 0.2) is 18.2 Å². The van der Waals surface area contributed by atoms with E-state index >= 15 is 0 Å². The van der Waals surface area contributed by atoms with Crippen LogP contribution in [0.5, 0.6) is 5.75 Å². The van der Waals surface area contributed by atoms with E-state index in [1.165, 1.54) is 12.1 Å². The van der Waals surface area contributed by atoms with E-state index in [2.05, 4.69) is 10.2 Å². The molecule has 5 nitrogen and oxygen atoms in total. The number of rotatable bonds is 6. The van der Waals surface area contributed by atoms with Crippen molar-refractivity contribution in [3.63, 3.8) is 0 Å². The lowest BCUT2D eigenvalue weighted by Gasteiger charge is -2.16. The van der Waals surface area contributed by atoms with Crippen LogP contribution >= 0.6 is 11.6 Å². The molecule has 1 amide bonds. The number of hydrogen-bond acceptors (Lipinski definition) is 3. The van der Waals surface area contributed by atoms with Crippen molar-refractivity contribution in [3.8, 4) is 5.75 Å². The predicted molar refractivity (Wildman–Crippen MR) is 77.5 cm³/mol. The molecule has 1 aliphatic rings. The summed E-state index contributed by atoms with van der Waals surface area (Å²) in [5, 5.41) is 11.2. The first kappa shape index (κ1) is 15.9. The SMILES string of the molecule is O=C(O)NC1CCN(CCCOc2ccc(Cl)c(F)c2)C1. The summed E-state index contributed by atoms with van der Waals surface area (Å²) in [7, 11) is 0. The zero-order valence-electron chi connectivity index (χ0n) is 11.5. The monoisotopic (exact) mass is 316 g/mol. The van der Waals surface area contributed by atoms with E-state index in [0.717, 1.165) is 32.5 Å². The quantitative estimate of drug-likeness (QED) is 0.792. The Kier molecular flexibility index (Phi) is 5.64. The van der Waals surface area contributed by atoms with Crippen molar-refractivity contribution in [1.29, 1.82) is 0 Å². The van der Waals surface area contributed by atoms with E-state index in [0.29, 0.717) is 12.4 Å². The van der Waals surface area contributed by atoms with Crippen LogP contribution in [0.25, 0.3) is 0 Å². The van der Waals surface area contributed by atoms with Gasteiger partial charge in [0.15, 0.2) is 0 Å². The molecule has 2 N–H and O–H groups in total. The summed E-state index contributed by atoms with van der Waals surface area (Å²) in [4.78, 5) is 12.7. The molecule has 1 unspecified atom stereocenters. The fourth-order valence-electron chi connectivity index (χ4n) is 2.37. The summed E-state index contributed by atoms with van der Waals surface area (Å²) in [5.74, 6) is -0.0277. The molecule has 0 aliphatic carbocycles. The number of carboxylic acid groups (broad SMARTS) is 1. The average molecular weight is 317 g/mol. The smallest absolute Gasteiger partial charge is 0.404 e. The van der Waals surface area contributed by atoms with Gasteiger partial charge in [-0.3, -0.25) is 0 Å². The minimum atomic E-state index is -0.977. The maximum Gasteiger partial charge on any atom is 0.404 e. The second-order valence-electron chi connectivity index (χ2n) is 5.01. The third-order valence-electron chi connectivity index (χ3n) is 3.38. The molecule has 0 aromatic heterocycles. The molecule has 21 heavy (non-hydrogen) atoms. The zero-order chi connectivity index (χ0) is 15.2. The summed E-state index contributed by atoms with van der Waals surface area (Å²) in [6.07, 6.45) is 0.648. The molecule has 1 aromatic rings. The Hall–Kier alpha value is -1.53. The maximum atomic E-state index is 13.2. The number of hydrogen-bond donors (Lipinski definition) is 2. The van der Waals surface area contributed by atoms with Crippen molar-refractivity contribution < 1.29 is 19.0 Å². The fourth-order valence-corrected chi connectivity index (χ4v) is 2.49. The van der Waals surface area contributed by atoms with E-state index < -0.39 is 11.9 Å². The number of nitrogens with zero attached hydrogens (tertiary/aromatic N) is 1. The van der Waals surface area contributed by atoms with Crippen LogP contribution in [-0.2, 0) is 0 Å². The summed E-state index contributed by atoms with van der Waals surface area (Å²) < 4.78 is 18.7. The number of ether oxygens (including phenoxy) is 1. The van der Waals surface area contributed by atoms with Gasteiger partial charge in [-0.2, -0.15) is 0 Å². The molecular weight excluding hydrogens is 299 g/mol. The first-order chi connectivity index (χ1) is 10.0. The summed E-state index contributed by atoms with van der Waals surface area (Å²) in [5.41, 5.74) is 0. The third-order valence-corrected chi connectivity index (χ3v) is 3.68. The summed E-state index contributed by atoms with van der Waals surface area (Å²) in [6.45, 7) is 2.91. The summed E-state index contributed by atoms with van der Waals surface area (Å²) in [6, 6.07) is 4.38. The molecule has 1 aliphatic heterocycles. The molecular formula is C14H18ClFN2O3. The molecule has 0 spiro atoms. The number of amides is 1. The Balaban J connectivity index is 1.64. The van der Waals surface area contributed by atoms with E-state index in [4.69, 9.17) is 21.4 Å². The first-order valence-electron chi connectivity index (χ1n) is 6.84. The second kappa shape index (κ2) is 7.47. The van der Waals surface area contributed by atoms with Gasteiger partial charge in [0.05, 0.1) is 11.6 Å². The number of benzene rings is 1. The van der Waals surface area contributed by atoms with Crippen LogP contribution in [0.4, 0.5) is 9.18 Å². The molecule has 7 heteroatoms. The van der Waals surface area contributed by atoms with Crippen molar-refractivity contribution in [3.05, 3.63) is 29.0 Å². The van der Waals surface area contributed by atoms with E-state index in [1.807, 2.05) is 0 Å². The van der Waals surface area contributed by atoms with Gasteiger partial charge in [0.2, 0.25) is 0 Å². The van der Waals surface area contributed by atoms with Crippen molar-refractivity contribution in [2.75, 3.05) is 26.2 Å². The van der Waals surface area contributed by atoms with Crippen molar-refractivity contribution in [2.24, 2.45) is 0 Å². The Morgan fingerprint density at radius 3 is 3.10 bits per heavy atom. The molecule has 1 saturated heterocycles. The Morgan fingerprint density at radius 1 is 1.57 bits per heavy atom. The molecule has 2 rings (SSSR count). The van der Waals surface area contributed by atoms with Crippen molar-refractivity contribution in [2.45, 2.75) is 18.9 Å². The molecule has 1 heterocycles. The lowest BCUT2D eigenvalue weighted by atomic mass is 10.3. The highest BCUT2D eigenvalue weighted by Crippen LogP contribution is 2.20. The highest BCUT2D eigenvalue weighted by atomic mass is 35.5. The number of carbonyl (C=O) groups is 1. The first-order valence-corrected chi connectivity index (χ1v) is 7.22. The Bertz CT molecular complexity index is 501. The Labute approximate surface area is 127 Å². The van der Waals surface area contributed by atoms with Crippen LogP contribution in [-0.4, -0.2) is 48.4 Å². The van der Waals surface area contributed by atoms with Gasteiger partial charge >= 0.3 is 6.09 Å². The highest BCUT2D eigenvalue weighted by Gasteiger charge is 2.22. The lowest BCUT2D eigenvalue weighted by Crippen LogP contribution is -2.36. The highest BCUT2D eigenvalue weighted by molar-refractivity contribution is 6.30. The van der Waals surface area contributed by atoms with E-state index in [1.54, 1.807) is 6.07 Å². The minimum absolute atomic E-state index is 0.00813. The molecule has 0 bridgehead atoms. The van der Waals surface area contributed by atoms with Gasteiger partial charge in [0.25, 0.3) is 0 Å². The average Bonchev–Trinajstić information content (AvgIpc) is 2.85. The van der Waals surface area contributed by atoms with Gasteiger partial charge in [-0.05, 0) is 25.0 Å². The lowest BCUT2D eigenvalue weighted by molar-refractivity contribution is 0.189. The van der Waals surface area contributed by atoms with Crippen molar-refractivity contribution in [1.82, 2.24) is 10.2 Å². The normalized spacial score (nSPS) is 18.7. The summed E-state index contributed by atoms with van der Waals surface area (Å²) >= 11 is 5.59. The van der Waals surface area contributed by atoms with Gasteiger partial charge in [-0.15, -0.1) is 0 Å². The Morgan fingerprint density at radius 2 is 2.38 bits per heavy atom. The molecule has 1 aromatic carbocycles. The van der Waals surface area contributed by atoms with Crippen LogP contribution in [0, 0.1) is 5.82 Å². The van der Waals surface area contributed by atoms with Gasteiger partial charge in [-0.25, -0.2) is 9.18 Å². The molecule has 0 radical (unpaired) electrons. The fraction of sp³-hybridized carbons (Fsp3) is 0.500. The van der Waals surface area contributed by atoms with E-state index in [-0.39, 0.29) is 11.1 Å². The van der Waals surface area contributed by atoms with Crippen LogP contribution < -0.4 is 10.1 Å². The van der Waals surface area contributed by atoms with Gasteiger partial charge in [0, 0.05) is 31.7 Å². The van der Waals surface area contributed by atoms with Gasteiger partial charge in [-0.1, -0.05) is 11.6 Å². The third kappa shape index (κ3) is 5.06. The topological polar surface area (TPSA) is 61.8 Å². The van der Waals surface area contributed by atoms with Crippen LogP contribution in [0.2, 0.25) is 5.02 Å². The maximum absolute atomic E-state index is 13.2.